The molecular formula is C15H18N2O4. The van der Waals surface area contributed by atoms with Crippen molar-refractivity contribution in [3.05, 3.63) is 28.6 Å². The summed E-state index contributed by atoms with van der Waals surface area (Å²) in [6.45, 7) is 2.41. The van der Waals surface area contributed by atoms with Crippen LogP contribution in [0.1, 0.15) is 6.92 Å². The number of pyridine rings is 1. The van der Waals surface area contributed by atoms with Crippen LogP contribution in [-0.2, 0) is 11.3 Å². The van der Waals surface area contributed by atoms with Crippen molar-refractivity contribution in [2.75, 3.05) is 26.1 Å². The Labute approximate surface area is 122 Å². The molecule has 0 atom stereocenters. The van der Waals surface area contributed by atoms with Crippen LogP contribution in [0.3, 0.4) is 0 Å². The molecule has 1 N–H and O–H groups in total. The summed E-state index contributed by atoms with van der Waals surface area (Å²) in [5.74, 6) is 1.58. The predicted molar refractivity (Wildman–Crippen MR) is 81.5 cm³/mol. The number of aromatic nitrogens is 1. The van der Waals surface area contributed by atoms with Crippen molar-refractivity contribution in [3.63, 3.8) is 0 Å². The molecule has 2 aromatic rings. The normalized spacial score (nSPS) is 10.4. The molecule has 2 rings (SSSR count). The number of fused-ring (bicyclic) bond motifs is 1. The average Bonchev–Trinajstić information content (AvgIpc) is 2.51. The fourth-order valence-corrected chi connectivity index (χ4v) is 2.35. The molecule has 1 aromatic heterocycles. The second kappa shape index (κ2) is 6.30. The molecule has 112 valence electrons. The molecule has 0 saturated heterocycles. The Hall–Kier alpha value is -2.50. The highest BCUT2D eigenvalue weighted by Gasteiger charge is 2.15. The first-order valence-electron chi connectivity index (χ1n) is 6.66. The van der Waals surface area contributed by atoms with Crippen LogP contribution in [0, 0.1) is 0 Å². The Morgan fingerprint density at radius 1 is 1.33 bits per heavy atom. The molecule has 0 bridgehead atoms. The van der Waals surface area contributed by atoms with Gasteiger partial charge >= 0.3 is 0 Å². The first kappa shape index (κ1) is 14.9. The number of rotatable bonds is 6. The van der Waals surface area contributed by atoms with Crippen molar-refractivity contribution >= 4 is 22.9 Å². The van der Waals surface area contributed by atoms with Gasteiger partial charge in [0.15, 0.2) is 17.8 Å². The van der Waals surface area contributed by atoms with Gasteiger partial charge in [0.05, 0.1) is 12.5 Å². The summed E-state index contributed by atoms with van der Waals surface area (Å²) in [6, 6.07) is 5.17. The number of anilines is 1. The quantitative estimate of drug-likeness (QED) is 0.819. The van der Waals surface area contributed by atoms with E-state index < -0.39 is 0 Å². The molecule has 0 saturated carbocycles. The van der Waals surface area contributed by atoms with E-state index in [0.717, 1.165) is 0 Å². The van der Waals surface area contributed by atoms with Gasteiger partial charge in [-0.25, -0.2) is 0 Å². The number of carbonyl (C=O) groups is 1. The van der Waals surface area contributed by atoms with Gasteiger partial charge in [-0.15, -0.1) is 0 Å². The third kappa shape index (κ3) is 2.56. The van der Waals surface area contributed by atoms with Gasteiger partial charge in [-0.1, -0.05) is 0 Å². The Kier molecular flexibility index (Phi) is 4.47. The number of hydrogen-bond acceptors (Lipinski definition) is 5. The van der Waals surface area contributed by atoms with E-state index in [9.17, 15) is 9.59 Å². The first-order valence-corrected chi connectivity index (χ1v) is 6.66. The van der Waals surface area contributed by atoms with Gasteiger partial charge in [0.1, 0.15) is 12.4 Å². The minimum absolute atomic E-state index is 0.0627. The molecule has 0 aliphatic rings. The standard InChI is InChI=1S/C15H18N2O4/c1-4-17-13(16-2)9-11-10(15(17)19)5-6-12(14(11)20-3)21-8-7-18/h5-7,9,16H,4,8H2,1-3H3. The fourth-order valence-electron chi connectivity index (χ4n) is 2.35. The van der Waals surface area contributed by atoms with Gasteiger partial charge in [-0.2, -0.15) is 0 Å². The van der Waals surface area contributed by atoms with E-state index in [4.69, 9.17) is 9.47 Å². The van der Waals surface area contributed by atoms with Crippen LogP contribution in [0.2, 0.25) is 0 Å². The smallest absolute Gasteiger partial charge is 0.260 e. The van der Waals surface area contributed by atoms with Crippen LogP contribution in [0.15, 0.2) is 23.0 Å². The fraction of sp³-hybridized carbons (Fsp3) is 0.333. The highest BCUT2D eigenvalue weighted by molar-refractivity contribution is 5.92. The molecule has 0 spiro atoms. The molecule has 0 radical (unpaired) electrons. The second-order valence-electron chi connectivity index (χ2n) is 4.36. The molecule has 1 aromatic carbocycles. The van der Waals surface area contributed by atoms with Crippen molar-refractivity contribution < 1.29 is 14.3 Å². The van der Waals surface area contributed by atoms with E-state index in [1.807, 2.05) is 13.0 Å². The Morgan fingerprint density at radius 2 is 2.10 bits per heavy atom. The highest BCUT2D eigenvalue weighted by Crippen LogP contribution is 2.35. The number of carbonyl (C=O) groups excluding carboxylic acids is 1. The maximum absolute atomic E-state index is 12.5. The second-order valence-corrected chi connectivity index (χ2v) is 4.36. The van der Waals surface area contributed by atoms with Crippen molar-refractivity contribution in [2.45, 2.75) is 13.5 Å². The van der Waals surface area contributed by atoms with E-state index in [1.54, 1.807) is 23.7 Å². The average molecular weight is 290 g/mol. The minimum Gasteiger partial charge on any atom is -0.492 e. The highest BCUT2D eigenvalue weighted by atomic mass is 16.5. The zero-order valence-corrected chi connectivity index (χ0v) is 12.3. The molecule has 1 heterocycles. The zero-order chi connectivity index (χ0) is 15.4. The lowest BCUT2D eigenvalue weighted by Gasteiger charge is -2.15. The van der Waals surface area contributed by atoms with Crippen LogP contribution in [-0.4, -0.2) is 31.6 Å². The number of nitrogens with one attached hydrogen (secondary N) is 1. The Balaban J connectivity index is 2.77. The van der Waals surface area contributed by atoms with Crippen molar-refractivity contribution in [3.8, 4) is 11.5 Å². The molecule has 6 heteroatoms. The van der Waals surface area contributed by atoms with Crippen LogP contribution >= 0.6 is 0 Å². The van der Waals surface area contributed by atoms with Gasteiger partial charge in [0.25, 0.3) is 5.56 Å². The predicted octanol–water partition coefficient (Wildman–Crippen LogP) is 1.65. The number of aldehydes is 1. The molecule has 0 unspecified atom stereocenters. The first-order chi connectivity index (χ1) is 10.2. The van der Waals surface area contributed by atoms with Gasteiger partial charge < -0.3 is 14.8 Å². The lowest BCUT2D eigenvalue weighted by molar-refractivity contribution is -0.109. The number of hydrogen-bond donors (Lipinski definition) is 1. The number of ether oxygens (including phenoxy) is 2. The monoisotopic (exact) mass is 290 g/mol. The number of methoxy groups -OCH3 is 1. The maximum atomic E-state index is 12.5. The van der Waals surface area contributed by atoms with E-state index in [2.05, 4.69) is 5.32 Å². The van der Waals surface area contributed by atoms with Crippen molar-refractivity contribution in [1.29, 1.82) is 0 Å². The molecule has 0 amide bonds. The number of nitrogens with zero attached hydrogens (tertiary/aromatic N) is 1. The lowest BCUT2D eigenvalue weighted by atomic mass is 10.1. The van der Waals surface area contributed by atoms with Crippen molar-refractivity contribution in [2.24, 2.45) is 0 Å². The molecule has 21 heavy (non-hydrogen) atoms. The van der Waals surface area contributed by atoms with Gasteiger partial charge in [-0.3, -0.25) is 14.2 Å². The summed E-state index contributed by atoms with van der Waals surface area (Å²) in [7, 11) is 3.26. The van der Waals surface area contributed by atoms with E-state index >= 15 is 0 Å². The SMILES string of the molecule is CCn1c(NC)cc2c(OC)c(OCC=O)ccc2c1=O. The summed E-state index contributed by atoms with van der Waals surface area (Å²) >= 11 is 0. The summed E-state index contributed by atoms with van der Waals surface area (Å²) in [4.78, 5) is 23.0. The van der Waals surface area contributed by atoms with E-state index in [-0.39, 0.29) is 12.2 Å². The molecule has 6 nitrogen and oxygen atoms in total. The lowest BCUT2D eigenvalue weighted by Crippen LogP contribution is -2.22. The summed E-state index contributed by atoms with van der Waals surface area (Å²) < 4.78 is 12.3. The maximum Gasteiger partial charge on any atom is 0.260 e. The molecule has 0 aliphatic heterocycles. The summed E-state index contributed by atoms with van der Waals surface area (Å²) in [5.41, 5.74) is -0.0976. The molecular weight excluding hydrogens is 272 g/mol. The van der Waals surface area contributed by atoms with E-state index in [1.165, 1.54) is 7.11 Å². The molecule has 0 aliphatic carbocycles. The van der Waals surface area contributed by atoms with Crippen molar-refractivity contribution in [1.82, 2.24) is 4.57 Å². The summed E-state index contributed by atoms with van der Waals surface area (Å²) in [6.07, 6.45) is 0.664. The molecule has 0 fully saturated rings. The largest absolute Gasteiger partial charge is 0.492 e. The Morgan fingerprint density at radius 3 is 2.67 bits per heavy atom. The number of benzene rings is 1. The van der Waals surface area contributed by atoms with Crippen LogP contribution in [0.25, 0.3) is 10.8 Å². The third-order valence-electron chi connectivity index (χ3n) is 3.29. The summed E-state index contributed by atoms with van der Waals surface area (Å²) in [5, 5.41) is 4.20. The van der Waals surface area contributed by atoms with E-state index in [0.29, 0.717) is 40.9 Å². The van der Waals surface area contributed by atoms with Gasteiger partial charge in [0.2, 0.25) is 0 Å². The zero-order valence-electron chi connectivity index (χ0n) is 12.3. The third-order valence-corrected chi connectivity index (χ3v) is 3.29. The van der Waals surface area contributed by atoms with Crippen LogP contribution in [0.5, 0.6) is 11.5 Å². The van der Waals surface area contributed by atoms with Gasteiger partial charge in [-0.05, 0) is 25.1 Å². The van der Waals surface area contributed by atoms with Crippen LogP contribution in [0.4, 0.5) is 5.82 Å². The Bertz CT molecular complexity index is 722. The van der Waals surface area contributed by atoms with Crippen LogP contribution < -0.4 is 20.3 Å². The minimum atomic E-state index is -0.0976. The van der Waals surface area contributed by atoms with Gasteiger partial charge in [0, 0.05) is 19.0 Å². The topological polar surface area (TPSA) is 69.6 Å².